The fraction of sp³-hybridized carbons (Fsp3) is 0.381. The Balaban J connectivity index is 2.18. The first-order chi connectivity index (χ1) is 13.9. The predicted molar refractivity (Wildman–Crippen MR) is 115 cm³/mol. The first-order valence-corrected chi connectivity index (χ1v) is 11.1. The Morgan fingerprint density at radius 3 is 2.53 bits per heavy atom. The van der Waals surface area contributed by atoms with Crippen LogP contribution in [0.15, 0.2) is 35.2 Å². The summed E-state index contributed by atoms with van der Waals surface area (Å²) in [7, 11) is -1.11. The van der Waals surface area contributed by atoms with Gasteiger partial charge in [0.05, 0.1) is 23.4 Å². The van der Waals surface area contributed by atoms with Gasteiger partial charge in [-0.1, -0.05) is 38.4 Å². The Morgan fingerprint density at radius 1 is 1.27 bits per heavy atom. The molecule has 0 aromatic heterocycles. The summed E-state index contributed by atoms with van der Waals surface area (Å²) in [6, 6.07) is 6.58. The molecule has 2 aromatic rings. The Labute approximate surface area is 181 Å². The van der Waals surface area contributed by atoms with Crippen molar-refractivity contribution in [3.8, 4) is 11.1 Å². The Bertz CT molecular complexity index is 1110. The minimum Gasteiger partial charge on any atom is -0.465 e. The van der Waals surface area contributed by atoms with Crippen molar-refractivity contribution in [3.05, 3.63) is 46.7 Å². The van der Waals surface area contributed by atoms with Crippen LogP contribution in [0.4, 0.5) is 10.1 Å². The van der Waals surface area contributed by atoms with Gasteiger partial charge in [-0.05, 0) is 35.2 Å². The van der Waals surface area contributed by atoms with Gasteiger partial charge in [0.1, 0.15) is 10.7 Å². The number of anilines is 1. The van der Waals surface area contributed by atoms with Crippen LogP contribution in [0.1, 0.15) is 31.1 Å². The van der Waals surface area contributed by atoms with Crippen molar-refractivity contribution in [1.29, 1.82) is 0 Å². The molecule has 0 amide bonds. The lowest BCUT2D eigenvalue weighted by molar-refractivity contribution is 0.0595. The van der Waals surface area contributed by atoms with Gasteiger partial charge in [-0.15, -0.1) is 0 Å². The molecular formula is C21H24ClFN2O4S. The van der Waals surface area contributed by atoms with Gasteiger partial charge in [0, 0.05) is 25.2 Å². The van der Waals surface area contributed by atoms with E-state index < -0.39 is 21.8 Å². The first-order valence-electron chi connectivity index (χ1n) is 9.31. The number of nitrogens with one attached hydrogen (secondary N) is 1. The molecule has 0 saturated heterocycles. The summed E-state index contributed by atoms with van der Waals surface area (Å²) in [4.78, 5) is 11.9. The zero-order chi connectivity index (χ0) is 22.4. The van der Waals surface area contributed by atoms with Crippen LogP contribution in [0.5, 0.6) is 0 Å². The van der Waals surface area contributed by atoms with Crippen LogP contribution in [-0.4, -0.2) is 45.4 Å². The molecule has 0 spiro atoms. The van der Waals surface area contributed by atoms with E-state index in [1.807, 2.05) is 20.8 Å². The highest BCUT2D eigenvalue weighted by atomic mass is 35.5. The highest BCUT2D eigenvalue weighted by molar-refractivity contribution is 7.89. The van der Waals surface area contributed by atoms with Gasteiger partial charge in [0.25, 0.3) is 0 Å². The maximum absolute atomic E-state index is 14.0. The number of hydrogen-bond donors (Lipinski definition) is 1. The quantitative estimate of drug-likeness (QED) is 0.681. The second-order valence-corrected chi connectivity index (χ2v) is 10.7. The second-order valence-electron chi connectivity index (χ2n) is 8.30. The van der Waals surface area contributed by atoms with Crippen LogP contribution in [0.3, 0.4) is 0 Å². The number of fused-ring (bicyclic) bond motifs is 1. The molecule has 1 aliphatic rings. The summed E-state index contributed by atoms with van der Waals surface area (Å²) >= 11 is 6.45. The standard InChI is InChI=1S/C21H24ClFN2O4S/c1-21(2,3)19-11-24-17-10-15(22)13(9-18(17)30(27,28)25(19)4)12-6-7-16(23)14(8-12)20(26)29-5/h6-10,19,24H,11H2,1-5H3/t19-/m0/s1. The topological polar surface area (TPSA) is 75.7 Å². The van der Waals surface area contributed by atoms with Gasteiger partial charge in [-0.3, -0.25) is 0 Å². The Hall–Kier alpha value is -2.16. The minimum absolute atomic E-state index is 0.0695. The van der Waals surface area contributed by atoms with E-state index in [1.54, 1.807) is 13.1 Å². The van der Waals surface area contributed by atoms with Gasteiger partial charge in [-0.2, -0.15) is 4.31 Å². The Kier molecular flexibility index (Phi) is 5.88. The van der Waals surface area contributed by atoms with Crippen molar-refractivity contribution < 1.29 is 22.3 Å². The molecule has 1 N–H and O–H groups in total. The molecule has 1 atom stereocenters. The molecule has 0 aliphatic carbocycles. The number of rotatable bonds is 2. The molecule has 162 valence electrons. The van der Waals surface area contributed by atoms with Crippen LogP contribution in [-0.2, 0) is 14.8 Å². The van der Waals surface area contributed by atoms with Crippen LogP contribution < -0.4 is 5.32 Å². The first kappa shape index (κ1) is 22.5. The summed E-state index contributed by atoms with van der Waals surface area (Å²) in [5, 5.41) is 3.47. The molecule has 9 heteroatoms. The normalized spacial score (nSPS) is 18.8. The van der Waals surface area contributed by atoms with Crippen molar-refractivity contribution in [3.63, 3.8) is 0 Å². The zero-order valence-corrected chi connectivity index (χ0v) is 19.0. The van der Waals surface area contributed by atoms with Gasteiger partial charge in [-0.25, -0.2) is 17.6 Å². The van der Waals surface area contributed by atoms with Crippen molar-refractivity contribution in [1.82, 2.24) is 4.31 Å². The molecular weight excluding hydrogens is 431 g/mol. The smallest absolute Gasteiger partial charge is 0.340 e. The summed E-state index contributed by atoms with van der Waals surface area (Å²) in [6.45, 7) is 6.36. The molecule has 0 bridgehead atoms. The number of ether oxygens (including phenoxy) is 1. The lowest BCUT2D eigenvalue weighted by atomic mass is 9.87. The average Bonchev–Trinajstić information content (AvgIpc) is 2.75. The molecule has 6 nitrogen and oxygen atoms in total. The van der Waals surface area contributed by atoms with E-state index in [9.17, 15) is 17.6 Å². The Morgan fingerprint density at radius 2 is 1.93 bits per heavy atom. The molecule has 0 fully saturated rings. The predicted octanol–water partition coefficient (Wildman–Crippen LogP) is 4.39. The number of sulfonamides is 1. The van der Waals surface area contributed by atoms with E-state index in [4.69, 9.17) is 11.6 Å². The molecule has 0 saturated carbocycles. The van der Waals surface area contributed by atoms with Gasteiger partial charge >= 0.3 is 5.97 Å². The monoisotopic (exact) mass is 454 g/mol. The van der Waals surface area contributed by atoms with Crippen molar-refractivity contribution in [2.24, 2.45) is 5.41 Å². The number of nitrogens with zero attached hydrogens (tertiary/aromatic N) is 1. The summed E-state index contributed by atoms with van der Waals surface area (Å²) in [6.07, 6.45) is 0. The van der Waals surface area contributed by atoms with Crippen molar-refractivity contribution in [2.45, 2.75) is 31.7 Å². The fourth-order valence-corrected chi connectivity index (χ4v) is 5.58. The third kappa shape index (κ3) is 3.91. The molecule has 2 aromatic carbocycles. The summed E-state index contributed by atoms with van der Waals surface area (Å²) in [5.41, 5.74) is 0.618. The van der Waals surface area contributed by atoms with E-state index in [1.165, 1.54) is 22.5 Å². The molecule has 0 unspecified atom stereocenters. The number of carbonyl (C=O) groups is 1. The van der Waals surface area contributed by atoms with E-state index >= 15 is 0 Å². The van der Waals surface area contributed by atoms with E-state index in [0.717, 1.165) is 13.2 Å². The highest BCUT2D eigenvalue weighted by Gasteiger charge is 2.39. The van der Waals surface area contributed by atoms with Crippen LogP contribution in [0.25, 0.3) is 11.1 Å². The number of halogens is 2. The van der Waals surface area contributed by atoms with Crippen molar-refractivity contribution in [2.75, 3.05) is 26.0 Å². The molecule has 3 rings (SSSR count). The van der Waals surface area contributed by atoms with Gasteiger partial charge in [0.15, 0.2) is 0 Å². The number of benzene rings is 2. The zero-order valence-electron chi connectivity index (χ0n) is 17.4. The van der Waals surface area contributed by atoms with Gasteiger partial charge < -0.3 is 10.1 Å². The average molecular weight is 455 g/mol. The number of hydrogen-bond acceptors (Lipinski definition) is 5. The molecule has 1 aliphatic heterocycles. The van der Waals surface area contributed by atoms with Crippen LogP contribution in [0.2, 0.25) is 5.02 Å². The number of esters is 1. The maximum Gasteiger partial charge on any atom is 0.340 e. The summed E-state index contributed by atoms with van der Waals surface area (Å²) in [5.74, 6) is -1.57. The lowest BCUT2D eigenvalue weighted by Gasteiger charge is -2.35. The van der Waals surface area contributed by atoms with E-state index in [0.29, 0.717) is 23.4 Å². The van der Waals surface area contributed by atoms with Crippen LogP contribution in [0, 0.1) is 11.2 Å². The third-order valence-electron chi connectivity index (χ3n) is 5.33. The summed E-state index contributed by atoms with van der Waals surface area (Å²) < 4.78 is 46.7. The highest BCUT2D eigenvalue weighted by Crippen LogP contribution is 2.40. The largest absolute Gasteiger partial charge is 0.465 e. The van der Waals surface area contributed by atoms with E-state index in [2.05, 4.69) is 10.1 Å². The second kappa shape index (κ2) is 7.83. The maximum atomic E-state index is 14.0. The van der Waals surface area contributed by atoms with Crippen molar-refractivity contribution >= 4 is 33.3 Å². The number of methoxy groups -OCH3 is 1. The number of carbonyl (C=O) groups excluding carboxylic acids is 1. The van der Waals surface area contributed by atoms with Gasteiger partial charge in [0.2, 0.25) is 10.0 Å². The number of likely N-dealkylation sites (N-methyl/N-ethyl adjacent to an activating group) is 1. The lowest BCUT2D eigenvalue weighted by Crippen LogP contribution is -2.47. The van der Waals surface area contributed by atoms with E-state index in [-0.39, 0.29) is 26.9 Å². The third-order valence-corrected chi connectivity index (χ3v) is 7.55. The molecule has 1 heterocycles. The SMILES string of the molecule is COC(=O)c1cc(-c2cc3c(cc2Cl)NC[C@@H](C(C)(C)C)N(C)S3(=O)=O)ccc1F. The minimum atomic E-state index is -3.83. The molecule has 30 heavy (non-hydrogen) atoms. The molecule has 0 radical (unpaired) electrons. The van der Waals surface area contributed by atoms with Crippen LogP contribution >= 0.6 is 11.6 Å². The fourth-order valence-electron chi connectivity index (χ4n) is 3.59.